The molecule has 0 aliphatic carbocycles. The standard InChI is InChI=1S/C17H19NO4/c1-4-21-16(19)14(17(20)22-5-2)10-13-11(3)18-15-9-7-6-8-12(13)15/h6-10,18H,4-5H2,1-3H3. The third-order valence-electron chi connectivity index (χ3n) is 3.22. The van der Waals surface area contributed by atoms with Gasteiger partial charge in [-0.05, 0) is 32.9 Å². The molecule has 0 aliphatic heterocycles. The fourth-order valence-electron chi connectivity index (χ4n) is 2.25. The first kappa shape index (κ1) is 15.8. The molecule has 0 unspecified atom stereocenters. The van der Waals surface area contributed by atoms with Gasteiger partial charge in [0.15, 0.2) is 0 Å². The van der Waals surface area contributed by atoms with Crippen molar-refractivity contribution < 1.29 is 19.1 Å². The highest BCUT2D eigenvalue weighted by molar-refractivity contribution is 6.18. The van der Waals surface area contributed by atoms with Crippen LogP contribution in [0.15, 0.2) is 29.8 Å². The van der Waals surface area contributed by atoms with Gasteiger partial charge in [0.1, 0.15) is 5.57 Å². The highest BCUT2D eigenvalue weighted by Gasteiger charge is 2.22. The number of carbonyl (C=O) groups excluding carboxylic acids is 2. The van der Waals surface area contributed by atoms with Crippen LogP contribution in [0.5, 0.6) is 0 Å². The Kier molecular flexibility index (Phi) is 4.99. The number of H-pyrrole nitrogens is 1. The van der Waals surface area contributed by atoms with E-state index in [0.717, 1.165) is 22.2 Å². The van der Waals surface area contributed by atoms with E-state index in [0.29, 0.717) is 0 Å². The predicted octanol–water partition coefficient (Wildman–Crippen LogP) is 2.99. The summed E-state index contributed by atoms with van der Waals surface area (Å²) in [6.45, 7) is 5.67. The average molecular weight is 301 g/mol. The van der Waals surface area contributed by atoms with Gasteiger partial charge in [-0.3, -0.25) is 0 Å². The average Bonchev–Trinajstić information content (AvgIpc) is 2.80. The summed E-state index contributed by atoms with van der Waals surface area (Å²) in [5.41, 5.74) is 2.49. The van der Waals surface area contributed by atoms with Gasteiger partial charge < -0.3 is 14.5 Å². The van der Waals surface area contributed by atoms with E-state index in [4.69, 9.17) is 9.47 Å². The molecule has 0 saturated heterocycles. The van der Waals surface area contributed by atoms with Crippen LogP contribution in [0.3, 0.4) is 0 Å². The van der Waals surface area contributed by atoms with Crippen LogP contribution in [-0.4, -0.2) is 30.1 Å². The monoisotopic (exact) mass is 301 g/mol. The van der Waals surface area contributed by atoms with E-state index < -0.39 is 11.9 Å². The Morgan fingerprint density at radius 2 is 1.68 bits per heavy atom. The smallest absolute Gasteiger partial charge is 0.345 e. The molecule has 1 N–H and O–H groups in total. The van der Waals surface area contributed by atoms with E-state index in [1.54, 1.807) is 13.8 Å². The number of para-hydroxylation sites is 1. The van der Waals surface area contributed by atoms with Crippen molar-refractivity contribution in [3.63, 3.8) is 0 Å². The van der Waals surface area contributed by atoms with Crippen molar-refractivity contribution in [3.05, 3.63) is 41.1 Å². The fraction of sp³-hybridized carbons (Fsp3) is 0.294. The van der Waals surface area contributed by atoms with Gasteiger partial charge in [0, 0.05) is 22.2 Å². The van der Waals surface area contributed by atoms with E-state index in [2.05, 4.69) is 4.98 Å². The number of fused-ring (bicyclic) bond motifs is 1. The Balaban J connectivity index is 2.53. The normalized spacial score (nSPS) is 10.3. The first-order valence-corrected chi connectivity index (χ1v) is 7.21. The maximum absolute atomic E-state index is 12.0. The minimum atomic E-state index is -0.675. The van der Waals surface area contributed by atoms with Gasteiger partial charge in [0.2, 0.25) is 0 Å². The fourth-order valence-corrected chi connectivity index (χ4v) is 2.25. The molecule has 0 bridgehead atoms. The molecule has 1 aromatic carbocycles. The van der Waals surface area contributed by atoms with Gasteiger partial charge in [-0.1, -0.05) is 18.2 Å². The second kappa shape index (κ2) is 6.93. The molecule has 1 heterocycles. The van der Waals surface area contributed by atoms with Crippen molar-refractivity contribution in [3.8, 4) is 0 Å². The number of rotatable bonds is 5. The van der Waals surface area contributed by atoms with E-state index in [1.807, 2.05) is 31.2 Å². The summed E-state index contributed by atoms with van der Waals surface area (Å²) in [4.78, 5) is 27.3. The maximum Gasteiger partial charge on any atom is 0.345 e. The van der Waals surface area contributed by atoms with Crippen LogP contribution in [0.4, 0.5) is 0 Å². The number of benzene rings is 1. The summed E-state index contributed by atoms with van der Waals surface area (Å²) in [6, 6.07) is 7.69. The zero-order chi connectivity index (χ0) is 16.1. The van der Waals surface area contributed by atoms with E-state index in [9.17, 15) is 9.59 Å². The second-order valence-electron chi connectivity index (χ2n) is 4.71. The van der Waals surface area contributed by atoms with Crippen LogP contribution in [-0.2, 0) is 19.1 Å². The Hall–Kier alpha value is -2.56. The summed E-state index contributed by atoms with van der Waals surface area (Å²) < 4.78 is 9.91. The summed E-state index contributed by atoms with van der Waals surface area (Å²) >= 11 is 0. The number of esters is 2. The van der Waals surface area contributed by atoms with E-state index >= 15 is 0 Å². The molecule has 0 atom stereocenters. The molecular weight excluding hydrogens is 282 g/mol. The Morgan fingerprint density at radius 1 is 1.09 bits per heavy atom. The molecule has 0 amide bonds. The van der Waals surface area contributed by atoms with Gasteiger partial charge in [0.05, 0.1) is 13.2 Å². The summed E-state index contributed by atoms with van der Waals surface area (Å²) in [5.74, 6) is -1.35. The Bertz CT molecular complexity index is 707. The van der Waals surface area contributed by atoms with Crippen LogP contribution >= 0.6 is 0 Å². The van der Waals surface area contributed by atoms with Crippen LogP contribution < -0.4 is 0 Å². The SMILES string of the molecule is CCOC(=O)C(=Cc1c(C)[nH]c2ccccc12)C(=O)OCC. The van der Waals surface area contributed by atoms with Crippen molar-refractivity contribution in [1.29, 1.82) is 0 Å². The molecule has 1 aromatic heterocycles. The quantitative estimate of drug-likeness (QED) is 0.399. The number of aromatic amines is 1. The topological polar surface area (TPSA) is 68.4 Å². The molecule has 0 saturated carbocycles. The largest absolute Gasteiger partial charge is 0.462 e. The number of hydrogen-bond donors (Lipinski definition) is 1. The maximum atomic E-state index is 12.0. The molecule has 0 fully saturated rings. The molecule has 5 nitrogen and oxygen atoms in total. The molecule has 0 spiro atoms. The number of aryl methyl sites for hydroxylation is 1. The minimum Gasteiger partial charge on any atom is -0.462 e. The third-order valence-corrected chi connectivity index (χ3v) is 3.22. The first-order valence-electron chi connectivity index (χ1n) is 7.21. The summed E-state index contributed by atoms with van der Waals surface area (Å²) in [7, 11) is 0. The number of carbonyl (C=O) groups is 2. The van der Waals surface area contributed by atoms with Crippen molar-refractivity contribution in [1.82, 2.24) is 4.98 Å². The van der Waals surface area contributed by atoms with Crippen LogP contribution in [0.1, 0.15) is 25.1 Å². The molecule has 0 radical (unpaired) electrons. The highest BCUT2D eigenvalue weighted by atomic mass is 16.6. The molecule has 2 rings (SSSR count). The van der Waals surface area contributed by atoms with Crippen LogP contribution in [0.25, 0.3) is 17.0 Å². The lowest BCUT2D eigenvalue weighted by atomic mass is 10.1. The predicted molar refractivity (Wildman–Crippen MR) is 84.3 cm³/mol. The summed E-state index contributed by atoms with van der Waals surface area (Å²) in [6.07, 6.45) is 1.53. The second-order valence-corrected chi connectivity index (χ2v) is 4.71. The van der Waals surface area contributed by atoms with Crippen molar-refractivity contribution in [2.75, 3.05) is 13.2 Å². The van der Waals surface area contributed by atoms with Crippen molar-refractivity contribution >= 4 is 28.9 Å². The van der Waals surface area contributed by atoms with Gasteiger partial charge >= 0.3 is 11.9 Å². The lowest BCUT2D eigenvalue weighted by molar-refractivity contribution is -0.146. The molecule has 2 aromatic rings. The number of ether oxygens (including phenoxy) is 2. The minimum absolute atomic E-state index is 0.100. The van der Waals surface area contributed by atoms with Gasteiger partial charge in [0.25, 0.3) is 0 Å². The highest BCUT2D eigenvalue weighted by Crippen LogP contribution is 2.24. The van der Waals surface area contributed by atoms with Crippen molar-refractivity contribution in [2.45, 2.75) is 20.8 Å². The Morgan fingerprint density at radius 3 is 2.27 bits per heavy atom. The lowest BCUT2D eigenvalue weighted by Gasteiger charge is -2.06. The third kappa shape index (κ3) is 3.19. The van der Waals surface area contributed by atoms with Crippen LogP contribution in [0.2, 0.25) is 0 Å². The van der Waals surface area contributed by atoms with Gasteiger partial charge in [-0.15, -0.1) is 0 Å². The zero-order valence-corrected chi connectivity index (χ0v) is 12.9. The molecule has 5 heteroatoms. The van der Waals surface area contributed by atoms with E-state index in [-0.39, 0.29) is 18.8 Å². The molecule has 116 valence electrons. The lowest BCUT2D eigenvalue weighted by Crippen LogP contribution is -2.18. The molecular formula is C17H19NO4. The zero-order valence-electron chi connectivity index (χ0n) is 12.9. The van der Waals surface area contributed by atoms with E-state index in [1.165, 1.54) is 6.08 Å². The summed E-state index contributed by atoms with van der Waals surface area (Å²) in [5, 5.41) is 0.936. The first-order chi connectivity index (χ1) is 10.6. The van der Waals surface area contributed by atoms with Gasteiger partial charge in [-0.25, -0.2) is 9.59 Å². The number of nitrogens with one attached hydrogen (secondary N) is 1. The number of hydrogen-bond acceptors (Lipinski definition) is 4. The van der Waals surface area contributed by atoms with Crippen molar-refractivity contribution in [2.24, 2.45) is 0 Å². The number of aromatic nitrogens is 1. The van der Waals surface area contributed by atoms with Crippen LogP contribution in [0, 0.1) is 6.92 Å². The Labute approximate surface area is 128 Å². The molecule has 22 heavy (non-hydrogen) atoms. The van der Waals surface area contributed by atoms with Gasteiger partial charge in [-0.2, -0.15) is 0 Å². The molecule has 0 aliphatic rings.